The van der Waals surface area contributed by atoms with Crippen molar-refractivity contribution in [2.75, 3.05) is 0 Å². The molecule has 0 amide bonds. The number of aliphatic hydroxyl groups excluding tert-OH is 1. The molecule has 0 aliphatic heterocycles. The molecule has 84 valence electrons. The molecule has 0 aromatic rings. The Balaban J connectivity index is 4.41. The van der Waals surface area contributed by atoms with E-state index in [1.807, 2.05) is 34.6 Å². The molecule has 4 heteroatoms. The highest BCUT2D eigenvalue weighted by atomic mass is 16.5. The first-order chi connectivity index (χ1) is 6.20. The highest BCUT2D eigenvalue weighted by Gasteiger charge is 2.15. The number of hydrogen-bond acceptors (Lipinski definition) is 3. The van der Waals surface area contributed by atoms with Crippen LogP contribution < -0.4 is 5.32 Å². The standard InChI is InChI=1S/C10H22N2O2/c1-7(2)11-9(12-8(3)13)14-10(4,5)6/h7-8,13H,1-6H3,(H,11,12). The van der Waals surface area contributed by atoms with Gasteiger partial charge in [0.1, 0.15) is 11.8 Å². The van der Waals surface area contributed by atoms with Crippen molar-refractivity contribution in [2.24, 2.45) is 4.99 Å². The first-order valence-corrected chi connectivity index (χ1v) is 4.92. The molecule has 0 heterocycles. The summed E-state index contributed by atoms with van der Waals surface area (Å²) in [6, 6.07) is 0.623. The zero-order valence-corrected chi connectivity index (χ0v) is 9.96. The molecule has 0 bridgehead atoms. The van der Waals surface area contributed by atoms with E-state index in [2.05, 4.69) is 10.3 Å². The number of ether oxygens (including phenoxy) is 1. The highest BCUT2D eigenvalue weighted by Crippen LogP contribution is 2.07. The summed E-state index contributed by atoms with van der Waals surface area (Å²) in [4.78, 5) is 3.94. The van der Waals surface area contributed by atoms with Crippen LogP contribution >= 0.6 is 0 Å². The lowest BCUT2D eigenvalue weighted by Crippen LogP contribution is -2.38. The molecule has 0 fully saturated rings. The van der Waals surface area contributed by atoms with Crippen LogP contribution in [-0.2, 0) is 4.74 Å². The predicted molar refractivity (Wildman–Crippen MR) is 58.2 cm³/mol. The second kappa shape index (κ2) is 5.20. The number of hydrogen-bond donors (Lipinski definition) is 2. The van der Waals surface area contributed by atoms with Gasteiger partial charge in [-0.15, -0.1) is 0 Å². The third-order valence-corrected chi connectivity index (χ3v) is 1.12. The van der Waals surface area contributed by atoms with Gasteiger partial charge in [-0.1, -0.05) is 0 Å². The fourth-order valence-electron chi connectivity index (χ4n) is 0.800. The first kappa shape index (κ1) is 13.2. The van der Waals surface area contributed by atoms with Crippen LogP contribution in [0, 0.1) is 0 Å². The van der Waals surface area contributed by atoms with E-state index in [9.17, 15) is 0 Å². The summed E-state index contributed by atoms with van der Waals surface area (Å²) in [5, 5.41) is 12.2. The molecule has 0 spiro atoms. The van der Waals surface area contributed by atoms with Crippen LogP contribution in [-0.4, -0.2) is 29.0 Å². The van der Waals surface area contributed by atoms with Crippen molar-refractivity contribution in [3.05, 3.63) is 0 Å². The van der Waals surface area contributed by atoms with Gasteiger partial charge in [0.25, 0.3) is 6.02 Å². The van der Waals surface area contributed by atoms with Crippen molar-refractivity contribution in [3.63, 3.8) is 0 Å². The monoisotopic (exact) mass is 202 g/mol. The number of nitrogens with one attached hydrogen (secondary N) is 1. The van der Waals surface area contributed by atoms with Gasteiger partial charge in [-0.2, -0.15) is 0 Å². The van der Waals surface area contributed by atoms with Crippen LogP contribution in [0.3, 0.4) is 0 Å². The Bertz CT molecular complexity index is 193. The van der Waals surface area contributed by atoms with Gasteiger partial charge in [0.05, 0.1) is 0 Å². The molecular formula is C10H22N2O2. The average Bonchev–Trinajstić information content (AvgIpc) is 1.77. The Morgan fingerprint density at radius 1 is 1.29 bits per heavy atom. The van der Waals surface area contributed by atoms with Crippen LogP contribution in [0.4, 0.5) is 0 Å². The second-order valence-electron chi connectivity index (χ2n) is 4.58. The van der Waals surface area contributed by atoms with E-state index < -0.39 is 6.23 Å². The minimum Gasteiger partial charge on any atom is -0.460 e. The SMILES string of the molecule is CC(O)N=C(NC(C)C)OC(C)(C)C. The van der Waals surface area contributed by atoms with Gasteiger partial charge in [0, 0.05) is 6.04 Å². The molecule has 2 N–H and O–H groups in total. The largest absolute Gasteiger partial charge is 0.460 e. The van der Waals surface area contributed by atoms with E-state index in [1.165, 1.54) is 0 Å². The van der Waals surface area contributed by atoms with E-state index in [0.29, 0.717) is 6.02 Å². The molecule has 0 rings (SSSR count). The maximum Gasteiger partial charge on any atom is 0.287 e. The van der Waals surface area contributed by atoms with Crippen LogP contribution in [0.1, 0.15) is 41.5 Å². The highest BCUT2D eigenvalue weighted by molar-refractivity contribution is 5.74. The van der Waals surface area contributed by atoms with E-state index in [1.54, 1.807) is 6.92 Å². The number of amidine groups is 1. The topological polar surface area (TPSA) is 53.9 Å². The Labute approximate surface area is 86.4 Å². The van der Waals surface area contributed by atoms with E-state index in [0.717, 1.165) is 0 Å². The van der Waals surface area contributed by atoms with Gasteiger partial charge in [-0.05, 0) is 41.5 Å². The molecule has 0 saturated carbocycles. The minimum atomic E-state index is -0.751. The lowest BCUT2D eigenvalue weighted by atomic mass is 10.2. The molecular weight excluding hydrogens is 180 g/mol. The van der Waals surface area contributed by atoms with Gasteiger partial charge in [-0.3, -0.25) is 0 Å². The van der Waals surface area contributed by atoms with E-state index in [-0.39, 0.29) is 11.6 Å². The number of aliphatic imine (C=N–C) groups is 1. The van der Waals surface area contributed by atoms with Crippen LogP contribution in [0.5, 0.6) is 0 Å². The fraction of sp³-hybridized carbons (Fsp3) is 0.900. The van der Waals surface area contributed by atoms with Gasteiger partial charge in [0.2, 0.25) is 0 Å². The normalized spacial score (nSPS) is 15.6. The molecule has 14 heavy (non-hydrogen) atoms. The van der Waals surface area contributed by atoms with Gasteiger partial charge >= 0.3 is 0 Å². The third-order valence-electron chi connectivity index (χ3n) is 1.12. The summed E-state index contributed by atoms with van der Waals surface area (Å²) in [6.07, 6.45) is -0.751. The first-order valence-electron chi connectivity index (χ1n) is 4.92. The average molecular weight is 202 g/mol. The molecule has 0 radical (unpaired) electrons. The summed E-state index contributed by atoms with van der Waals surface area (Å²) in [5.74, 6) is 0. The van der Waals surface area contributed by atoms with E-state index in [4.69, 9.17) is 9.84 Å². The quantitative estimate of drug-likeness (QED) is 0.527. The Morgan fingerprint density at radius 3 is 2.07 bits per heavy atom. The molecule has 1 unspecified atom stereocenters. The van der Waals surface area contributed by atoms with Crippen molar-refractivity contribution in [1.29, 1.82) is 0 Å². The Morgan fingerprint density at radius 2 is 1.79 bits per heavy atom. The summed E-state index contributed by atoms with van der Waals surface area (Å²) in [5.41, 5.74) is -0.310. The van der Waals surface area contributed by atoms with Crippen molar-refractivity contribution in [3.8, 4) is 0 Å². The number of aliphatic hydroxyl groups is 1. The van der Waals surface area contributed by atoms with Crippen LogP contribution in [0.25, 0.3) is 0 Å². The van der Waals surface area contributed by atoms with Crippen molar-refractivity contribution in [2.45, 2.75) is 59.4 Å². The third kappa shape index (κ3) is 7.86. The molecule has 0 aromatic carbocycles. The number of rotatable bonds is 2. The maximum atomic E-state index is 9.13. The Kier molecular flexibility index (Phi) is 4.91. The lowest BCUT2D eigenvalue weighted by molar-refractivity contribution is 0.101. The Hall–Kier alpha value is -0.770. The molecule has 0 aromatic heterocycles. The summed E-state index contributed by atoms with van der Waals surface area (Å²) in [6.45, 7) is 11.4. The van der Waals surface area contributed by atoms with Crippen molar-refractivity contribution >= 4 is 6.02 Å². The lowest BCUT2D eigenvalue weighted by Gasteiger charge is -2.24. The number of nitrogens with zero attached hydrogens (tertiary/aromatic N) is 1. The van der Waals surface area contributed by atoms with Crippen LogP contribution in [0.2, 0.25) is 0 Å². The summed E-state index contributed by atoms with van der Waals surface area (Å²) >= 11 is 0. The van der Waals surface area contributed by atoms with Gasteiger partial charge in [0.15, 0.2) is 0 Å². The molecule has 1 atom stereocenters. The zero-order valence-electron chi connectivity index (χ0n) is 9.96. The van der Waals surface area contributed by atoms with Gasteiger partial charge in [-0.25, -0.2) is 4.99 Å². The summed E-state index contributed by atoms with van der Waals surface area (Å²) in [7, 11) is 0. The van der Waals surface area contributed by atoms with E-state index >= 15 is 0 Å². The predicted octanol–water partition coefficient (Wildman–Crippen LogP) is 1.49. The molecule has 4 nitrogen and oxygen atoms in total. The van der Waals surface area contributed by atoms with Crippen molar-refractivity contribution < 1.29 is 9.84 Å². The smallest absolute Gasteiger partial charge is 0.287 e. The summed E-state index contributed by atoms with van der Waals surface area (Å²) < 4.78 is 5.54. The second-order valence-corrected chi connectivity index (χ2v) is 4.58. The molecule has 0 saturated heterocycles. The van der Waals surface area contributed by atoms with Gasteiger partial charge < -0.3 is 15.2 Å². The fourth-order valence-corrected chi connectivity index (χ4v) is 0.800. The van der Waals surface area contributed by atoms with Crippen molar-refractivity contribution in [1.82, 2.24) is 5.32 Å². The molecule has 0 aliphatic carbocycles. The zero-order chi connectivity index (χ0) is 11.4. The molecule has 0 aliphatic rings. The minimum absolute atomic E-state index is 0.231. The maximum absolute atomic E-state index is 9.13. The van der Waals surface area contributed by atoms with Crippen LogP contribution in [0.15, 0.2) is 4.99 Å².